The smallest absolute Gasteiger partial charge is 0.328 e. The molecule has 1 aromatic heterocycles. The van der Waals surface area contributed by atoms with Gasteiger partial charge in [-0.1, -0.05) is 31.5 Å². The number of aromatic amines is 1. The Bertz CT molecular complexity index is 1270. The second-order valence-corrected chi connectivity index (χ2v) is 8.22. The molecule has 2 aliphatic heterocycles. The number of rotatable bonds is 5. The highest BCUT2D eigenvalue weighted by Crippen LogP contribution is 2.46. The molecule has 1 fully saturated rings. The van der Waals surface area contributed by atoms with Gasteiger partial charge in [0.2, 0.25) is 0 Å². The van der Waals surface area contributed by atoms with Crippen molar-refractivity contribution >= 4 is 28.5 Å². The van der Waals surface area contributed by atoms with Gasteiger partial charge < -0.3 is 10.1 Å². The molecule has 164 valence electrons. The second-order valence-electron chi connectivity index (χ2n) is 8.22. The number of urea groups is 1. The summed E-state index contributed by atoms with van der Waals surface area (Å²) < 4.78 is 0. The van der Waals surface area contributed by atoms with E-state index < -0.39 is 23.0 Å². The molecule has 0 unspecified atom stereocenters. The summed E-state index contributed by atoms with van der Waals surface area (Å²) in [6, 6.07) is 9.38. The van der Waals surface area contributed by atoms with Gasteiger partial charge in [0, 0.05) is 47.3 Å². The number of para-hydroxylation sites is 1. The number of carbonyl (C=O) groups excluding carboxylic acids is 2. The molecule has 9 heteroatoms. The topological polar surface area (TPSA) is 120 Å². The minimum absolute atomic E-state index is 0.168. The summed E-state index contributed by atoms with van der Waals surface area (Å²) in [5.74, 6) is -0.438. The third kappa shape index (κ3) is 2.84. The Morgan fingerprint density at radius 3 is 2.75 bits per heavy atom. The molecular weight excluding hydrogens is 412 g/mol. The van der Waals surface area contributed by atoms with Crippen molar-refractivity contribution in [3.8, 4) is 5.75 Å². The number of H-pyrrole nitrogens is 1. The average Bonchev–Trinajstić information content (AvgIpc) is 3.26. The van der Waals surface area contributed by atoms with E-state index in [0.717, 1.165) is 22.9 Å². The van der Waals surface area contributed by atoms with Crippen LogP contribution in [-0.4, -0.2) is 49.3 Å². The molecule has 2 aromatic carbocycles. The number of aromatic nitrogens is 1. The fourth-order valence-electron chi connectivity index (χ4n) is 4.85. The number of hydrogen-bond acceptors (Lipinski definition) is 5. The number of carbonyl (C=O) groups is 2. The highest BCUT2D eigenvalue weighted by molar-refractivity contribution is 6.05. The van der Waals surface area contributed by atoms with Crippen molar-refractivity contribution in [1.29, 1.82) is 0 Å². The van der Waals surface area contributed by atoms with E-state index in [0.29, 0.717) is 25.1 Å². The quantitative estimate of drug-likeness (QED) is 0.359. The van der Waals surface area contributed by atoms with Crippen LogP contribution in [0.3, 0.4) is 0 Å². The Hall–Kier alpha value is -3.88. The summed E-state index contributed by atoms with van der Waals surface area (Å²) >= 11 is 0. The van der Waals surface area contributed by atoms with Crippen LogP contribution in [-0.2, 0) is 11.2 Å². The highest BCUT2D eigenvalue weighted by Gasteiger charge is 2.52. The number of aromatic hydroxyl groups is 1. The Balaban J connectivity index is 1.73. The van der Waals surface area contributed by atoms with Crippen molar-refractivity contribution in [2.75, 3.05) is 6.54 Å². The number of nitrogens with zero attached hydrogens (tertiary/aromatic N) is 3. The standard InChI is InChI=1S/C23H22N4O5/c1-2-3-10-25-22(29)18-12-15-14-6-4-5-7-17(14)24-20(15)21(26(18)23(25)30)16-11-13(27(31)32)8-9-19(16)28/h4-9,11,18,21,24,28H,2-3,10,12H2,1H3/t18-,21+/m0/s1. The number of phenols is 1. The van der Waals surface area contributed by atoms with Crippen LogP contribution in [0.1, 0.15) is 42.6 Å². The fourth-order valence-corrected chi connectivity index (χ4v) is 4.85. The first-order valence-electron chi connectivity index (χ1n) is 10.6. The van der Waals surface area contributed by atoms with E-state index in [1.165, 1.54) is 28.0 Å². The van der Waals surface area contributed by atoms with E-state index in [2.05, 4.69) is 4.98 Å². The van der Waals surface area contributed by atoms with E-state index in [4.69, 9.17) is 0 Å². The van der Waals surface area contributed by atoms with Crippen molar-refractivity contribution < 1.29 is 19.6 Å². The largest absolute Gasteiger partial charge is 0.508 e. The first-order valence-corrected chi connectivity index (χ1v) is 10.6. The van der Waals surface area contributed by atoms with Crippen molar-refractivity contribution in [2.24, 2.45) is 0 Å². The number of benzene rings is 2. The van der Waals surface area contributed by atoms with Gasteiger partial charge in [-0.2, -0.15) is 0 Å². The predicted octanol–water partition coefficient (Wildman–Crippen LogP) is 3.86. The highest BCUT2D eigenvalue weighted by atomic mass is 16.6. The lowest BCUT2D eigenvalue weighted by molar-refractivity contribution is -0.385. The number of amides is 3. The molecular formula is C23H22N4O5. The Morgan fingerprint density at radius 1 is 1.22 bits per heavy atom. The van der Waals surface area contributed by atoms with Crippen LogP contribution in [0.25, 0.3) is 10.9 Å². The van der Waals surface area contributed by atoms with Gasteiger partial charge >= 0.3 is 6.03 Å². The van der Waals surface area contributed by atoms with Gasteiger partial charge in [-0.05, 0) is 24.1 Å². The van der Waals surface area contributed by atoms with Crippen molar-refractivity contribution in [2.45, 2.75) is 38.3 Å². The molecule has 2 aliphatic rings. The lowest BCUT2D eigenvalue weighted by atomic mass is 9.88. The summed E-state index contributed by atoms with van der Waals surface area (Å²) in [5, 5.41) is 23.0. The third-order valence-corrected chi connectivity index (χ3v) is 6.39. The molecule has 3 heterocycles. The first kappa shape index (κ1) is 20.0. The average molecular weight is 434 g/mol. The van der Waals surface area contributed by atoms with E-state index >= 15 is 0 Å². The van der Waals surface area contributed by atoms with Crippen LogP contribution in [0.15, 0.2) is 42.5 Å². The summed E-state index contributed by atoms with van der Waals surface area (Å²) in [6.07, 6.45) is 1.87. The Labute approximate surface area is 183 Å². The molecule has 2 N–H and O–H groups in total. The van der Waals surface area contributed by atoms with E-state index in [1.54, 1.807) is 0 Å². The van der Waals surface area contributed by atoms with Gasteiger partial charge in [0.15, 0.2) is 0 Å². The van der Waals surface area contributed by atoms with Crippen LogP contribution in [0, 0.1) is 10.1 Å². The van der Waals surface area contributed by atoms with Crippen LogP contribution in [0.5, 0.6) is 5.75 Å². The normalized spacial score (nSPS) is 20.0. The molecule has 0 spiro atoms. The summed E-state index contributed by atoms with van der Waals surface area (Å²) in [7, 11) is 0. The number of unbranched alkanes of at least 4 members (excludes halogenated alkanes) is 1. The van der Waals surface area contributed by atoms with Crippen molar-refractivity contribution in [1.82, 2.24) is 14.8 Å². The number of imide groups is 1. The predicted molar refractivity (Wildman–Crippen MR) is 116 cm³/mol. The summed E-state index contributed by atoms with van der Waals surface area (Å²) in [4.78, 5) is 43.6. The second kappa shape index (κ2) is 7.37. The van der Waals surface area contributed by atoms with Crippen LogP contribution in [0.2, 0.25) is 0 Å². The van der Waals surface area contributed by atoms with Gasteiger partial charge in [0.25, 0.3) is 11.6 Å². The van der Waals surface area contributed by atoms with E-state index in [-0.39, 0.29) is 22.9 Å². The number of nitro groups is 1. The number of phenolic OH excluding ortho intramolecular Hbond substituents is 1. The molecule has 0 saturated carbocycles. The third-order valence-electron chi connectivity index (χ3n) is 6.39. The van der Waals surface area contributed by atoms with Gasteiger partial charge in [-0.3, -0.25) is 24.7 Å². The molecule has 32 heavy (non-hydrogen) atoms. The van der Waals surface area contributed by atoms with E-state index in [1.807, 2.05) is 31.2 Å². The van der Waals surface area contributed by atoms with E-state index in [9.17, 15) is 24.8 Å². The fraction of sp³-hybridized carbons (Fsp3) is 0.304. The molecule has 9 nitrogen and oxygen atoms in total. The number of hydrogen-bond donors (Lipinski definition) is 2. The van der Waals surface area contributed by atoms with Gasteiger partial charge in [0.1, 0.15) is 17.8 Å². The molecule has 0 radical (unpaired) electrons. The van der Waals surface area contributed by atoms with Gasteiger partial charge in [-0.15, -0.1) is 0 Å². The molecule has 0 aliphatic carbocycles. The van der Waals surface area contributed by atoms with Crippen LogP contribution >= 0.6 is 0 Å². The van der Waals surface area contributed by atoms with Crippen molar-refractivity contribution in [3.63, 3.8) is 0 Å². The monoisotopic (exact) mass is 434 g/mol. The minimum atomic E-state index is -0.848. The van der Waals surface area contributed by atoms with Crippen LogP contribution < -0.4 is 0 Å². The zero-order valence-electron chi connectivity index (χ0n) is 17.4. The first-order chi connectivity index (χ1) is 15.4. The number of nitro benzene ring substituents is 1. The molecule has 1 saturated heterocycles. The molecule has 0 bridgehead atoms. The zero-order chi connectivity index (χ0) is 22.6. The zero-order valence-corrected chi connectivity index (χ0v) is 17.4. The van der Waals surface area contributed by atoms with Gasteiger partial charge in [0.05, 0.1) is 4.92 Å². The SMILES string of the molecule is CCCCN1C(=O)[C@@H]2Cc3c([nH]c4ccccc34)[C@@H](c3cc([N+](=O)[O-])ccc3O)N2C1=O. The summed E-state index contributed by atoms with van der Waals surface area (Å²) in [6.45, 7) is 2.31. The van der Waals surface area contributed by atoms with Crippen LogP contribution in [0.4, 0.5) is 10.5 Å². The number of non-ortho nitro benzene ring substituents is 1. The lowest BCUT2D eigenvalue weighted by Crippen LogP contribution is -2.44. The minimum Gasteiger partial charge on any atom is -0.508 e. The number of nitrogens with one attached hydrogen (secondary N) is 1. The summed E-state index contributed by atoms with van der Waals surface area (Å²) in [5.41, 5.74) is 2.41. The maximum Gasteiger partial charge on any atom is 0.328 e. The Kier molecular flexibility index (Phi) is 4.61. The van der Waals surface area contributed by atoms with Crippen molar-refractivity contribution in [3.05, 3.63) is 69.4 Å². The number of fused-ring (bicyclic) bond motifs is 4. The molecule has 3 amide bonds. The molecule has 3 aromatic rings. The molecule has 2 atom stereocenters. The Morgan fingerprint density at radius 2 is 2.00 bits per heavy atom. The lowest BCUT2D eigenvalue weighted by Gasteiger charge is -2.36. The molecule has 5 rings (SSSR count). The maximum atomic E-state index is 13.4. The maximum absolute atomic E-state index is 13.4. The van der Waals surface area contributed by atoms with Gasteiger partial charge in [-0.25, -0.2) is 4.79 Å².